The van der Waals surface area contributed by atoms with Crippen LogP contribution in [0.15, 0.2) is 78.0 Å². The molecule has 1 amide bonds. The van der Waals surface area contributed by atoms with Gasteiger partial charge in [-0.1, -0.05) is 86.1 Å². The topological polar surface area (TPSA) is 59.8 Å². The maximum atomic E-state index is 13.0. The number of nitrogens with one attached hydrogen (secondary N) is 1. The van der Waals surface area contributed by atoms with E-state index in [4.69, 9.17) is 0 Å². The Morgan fingerprint density at radius 1 is 0.914 bits per heavy atom. The molecule has 0 radical (unpaired) electrons. The zero-order valence-electron chi connectivity index (χ0n) is 21.2. The van der Waals surface area contributed by atoms with Crippen LogP contribution in [-0.4, -0.2) is 25.9 Å². The monoisotopic (exact) mass is 484 g/mol. The summed E-state index contributed by atoms with van der Waals surface area (Å²) in [6.45, 7) is 12.5. The number of thioether (sulfide) groups is 1. The summed E-state index contributed by atoms with van der Waals surface area (Å²) >= 11 is 1.40. The molecular formula is C29H32N4OS. The van der Waals surface area contributed by atoms with Crippen molar-refractivity contribution in [3.05, 3.63) is 89.5 Å². The number of carbonyl (C=O) groups excluding carboxylic acids is 1. The first-order valence-electron chi connectivity index (χ1n) is 11.8. The van der Waals surface area contributed by atoms with Gasteiger partial charge in [0, 0.05) is 16.9 Å². The van der Waals surface area contributed by atoms with Gasteiger partial charge >= 0.3 is 0 Å². The number of benzene rings is 3. The van der Waals surface area contributed by atoms with E-state index < -0.39 is 0 Å². The summed E-state index contributed by atoms with van der Waals surface area (Å²) in [4.78, 5) is 13.0. The van der Waals surface area contributed by atoms with E-state index >= 15 is 0 Å². The lowest BCUT2D eigenvalue weighted by atomic mass is 9.87. The molecular weight excluding hydrogens is 452 g/mol. The van der Waals surface area contributed by atoms with Crippen molar-refractivity contribution < 1.29 is 4.79 Å². The van der Waals surface area contributed by atoms with Gasteiger partial charge in [-0.2, -0.15) is 0 Å². The second-order valence-electron chi connectivity index (χ2n) is 9.92. The Morgan fingerprint density at radius 3 is 2.23 bits per heavy atom. The highest BCUT2D eigenvalue weighted by Crippen LogP contribution is 2.31. The molecule has 180 valence electrons. The van der Waals surface area contributed by atoms with Crippen LogP contribution in [0.3, 0.4) is 0 Å². The van der Waals surface area contributed by atoms with E-state index in [0.717, 1.165) is 28.3 Å². The molecule has 0 aliphatic carbocycles. The summed E-state index contributed by atoms with van der Waals surface area (Å²) in [5, 5.41) is 12.3. The molecule has 1 aromatic heterocycles. The van der Waals surface area contributed by atoms with Crippen LogP contribution in [0.2, 0.25) is 0 Å². The Kier molecular flexibility index (Phi) is 7.13. The van der Waals surface area contributed by atoms with E-state index in [1.54, 1.807) is 0 Å². The smallest absolute Gasteiger partial charge is 0.237 e. The second-order valence-corrected chi connectivity index (χ2v) is 11.2. The van der Waals surface area contributed by atoms with Gasteiger partial charge in [0.2, 0.25) is 5.91 Å². The van der Waals surface area contributed by atoms with Crippen LogP contribution < -0.4 is 5.32 Å². The lowest BCUT2D eigenvalue weighted by molar-refractivity contribution is -0.115. The molecule has 0 spiro atoms. The zero-order valence-corrected chi connectivity index (χ0v) is 22.0. The molecule has 0 aliphatic rings. The maximum absolute atomic E-state index is 13.0. The fourth-order valence-corrected chi connectivity index (χ4v) is 4.62. The van der Waals surface area contributed by atoms with Crippen LogP contribution >= 0.6 is 11.8 Å². The van der Waals surface area contributed by atoms with E-state index in [0.29, 0.717) is 5.16 Å². The molecule has 0 saturated carbocycles. The van der Waals surface area contributed by atoms with Crippen molar-refractivity contribution in [1.82, 2.24) is 14.8 Å². The predicted octanol–water partition coefficient (Wildman–Crippen LogP) is 6.97. The Hall–Kier alpha value is -3.38. The molecule has 0 bridgehead atoms. The average molecular weight is 485 g/mol. The molecule has 1 atom stereocenters. The van der Waals surface area contributed by atoms with Gasteiger partial charge < -0.3 is 5.32 Å². The van der Waals surface area contributed by atoms with Gasteiger partial charge in [0.05, 0.1) is 5.25 Å². The van der Waals surface area contributed by atoms with Crippen LogP contribution in [-0.2, 0) is 10.2 Å². The van der Waals surface area contributed by atoms with E-state index in [1.807, 2.05) is 35.8 Å². The van der Waals surface area contributed by atoms with E-state index in [1.165, 1.54) is 22.9 Å². The van der Waals surface area contributed by atoms with Gasteiger partial charge in [-0.3, -0.25) is 9.36 Å². The van der Waals surface area contributed by atoms with Crippen LogP contribution in [0.4, 0.5) is 5.69 Å². The number of aryl methyl sites for hydroxylation is 2. The molecule has 3 aromatic carbocycles. The van der Waals surface area contributed by atoms with Gasteiger partial charge in [0.15, 0.2) is 11.0 Å². The van der Waals surface area contributed by atoms with Crippen LogP contribution in [0, 0.1) is 13.8 Å². The van der Waals surface area contributed by atoms with Crippen molar-refractivity contribution in [3.63, 3.8) is 0 Å². The Bertz CT molecular complexity index is 1320. The third kappa shape index (κ3) is 5.82. The van der Waals surface area contributed by atoms with Crippen molar-refractivity contribution in [1.29, 1.82) is 0 Å². The molecule has 4 aromatic rings. The molecule has 4 rings (SSSR count). The van der Waals surface area contributed by atoms with Crippen LogP contribution in [0.5, 0.6) is 0 Å². The quantitative estimate of drug-likeness (QED) is 0.300. The summed E-state index contributed by atoms with van der Waals surface area (Å²) in [7, 11) is 0. The number of carbonyl (C=O) groups is 1. The molecule has 1 N–H and O–H groups in total. The van der Waals surface area contributed by atoms with Gasteiger partial charge in [-0.15, -0.1) is 10.2 Å². The number of hydrogen-bond donors (Lipinski definition) is 1. The van der Waals surface area contributed by atoms with Gasteiger partial charge in [-0.05, 0) is 62.1 Å². The summed E-state index contributed by atoms with van der Waals surface area (Å²) in [5.74, 6) is 0.680. The number of hydrogen-bond acceptors (Lipinski definition) is 4. The minimum Gasteiger partial charge on any atom is -0.325 e. The van der Waals surface area contributed by atoms with Crippen molar-refractivity contribution in [2.45, 2.75) is 57.4 Å². The van der Waals surface area contributed by atoms with Crippen molar-refractivity contribution in [2.24, 2.45) is 0 Å². The zero-order chi connectivity index (χ0) is 25.2. The SMILES string of the molecule is Cc1ccc(-n2c(S[C@H](C)C(=O)Nc3ccc(C(C)(C)C)cc3)nnc2-c2cccc(C)c2)cc1. The third-order valence-electron chi connectivity index (χ3n) is 5.87. The normalized spacial score (nSPS) is 12.4. The molecule has 5 nitrogen and oxygen atoms in total. The first-order chi connectivity index (χ1) is 16.6. The summed E-state index contributed by atoms with van der Waals surface area (Å²) < 4.78 is 2.03. The van der Waals surface area contributed by atoms with E-state index in [9.17, 15) is 4.79 Å². The molecule has 35 heavy (non-hydrogen) atoms. The molecule has 0 saturated heterocycles. The van der Waals surface area contributed by atoms with Crippen molar-refractivity contribution in [2.75, 3.05) is 5.32 Å². The first-order valence-corrected chi connectivity index (χ1v) is 12.7. The van der Waals surface area contributed by atoms with Crippen molar-refractivity contribution >= 4 is 23.4 Å². The molecule has 0 unspecified atom stereocenters. The molecule has 1 heterocycles. The summed E-state index contributed by atoms with van der Waals surface area (Å²) in [5.41, 5.74) is 6.37. The standard InChI is InChI=1S/C29H32N4OS/c1-19-10-16-25(17-11-19)33-26(22-9-7-8-20(2)18-22)31-32-28(33)35-21(3)27(34)30-24-14-12-23(13-15-24)29(4,5)6/h7-18,21H,1-6H3,(H,30,34)/t21-/m1/s1. The summed E-state index contributed by atoms with van der Waals surface area (Å²) in [6.07, 6.45) is 0. The lowest BCUT2D eigenvalue weighted by Crippen LogP contribution is -2.23. The highest BCUT2D eigenvalue weighted by molar-refractivity contribution is 8.00. The highest BCUT2D eigenvalue weighted by Gasteiger charge is 2.22. The van der Waals surface area contributed by atoms with Gasteiger partial charge in [0.1, 0.15) is 0 Å². The minimum absolute atomic E-state index is 0.0702. The van der Waals surface area contributed by atoms with E-state index in [-0.39, 0.29) is 16.6 Å². The van der Waals surface area contributed by atoms with E-state index in [2.05, 4.69) is 98.7 Å². The Morgan fingerprint density at radius 2 is 1.60 bits per heavy atom. The van der Waals surface area contributed by atoms with Crippen molar-refractivity contribution in [3.8, 4) is 17.1 Å². The largest absolute Gasteiger partial charge is 0.325 e. The van der Waals surface area contributed by atoms with Crippen LogP contribution in [0.25, 0.3) is 17.1 Å². The fourth-order valence-electron chi connectivity index (χ4n) is 3.75. The minimum atomic E-state index is -0.365. The average Bonchev–Trinajstić information content (AvgIpc) is 3.22. The molecule has 6 heteroatoms. The second kappa shape index (κ2) is 10.1. The Balaban J connectivity index is 1.59. The van der Waals surface area contributed by atoms with Gasteiger partial charge in [-0.25, -0.2) is 0 Å². The Labute approximate surface area is 212 Å². The summed E-state index contributed by atoms with van der Waals surface area (Å²) in [6, 6.07) is 24.5. The number of amides is 1. The highest BCUT2D eigenvalue weighted by atomic mass is 32.2. The molecule has 0 fully saturated rings. The first kappa shape index (κ1) is 24.7. The number of aromatic nitrogens is 3. The lowest BCUT2D eigenvalue weighted by Gasteiger charge is -2.19. The fraction of sp³-hybridized carbons (Fsp3) is 0.276. The maximum Gasteiger partial charge on any atom is 0.237 e. The van der Waals surface area contributed by atoms with Gasteiger partial charge in [0.25, 0.3) is 0 Å². The number of anilines is 1. The predicted molar refractivity (Wildman–Crippen MR) is 145 cm³/mol. The van der Waals surface area contributed by atoms with Crippen LogP contribution in [0.1, 0.15) is 44.4 Å². The third-order valence-corrected chi connectivity index (χ3v) is 6.91. The molecule has 0 aliphatic heterocycles. The number of nitrogens with zero attached hydrogens (tertiary/aromatic N) is 3. The number of rotatable bonds is 6.